The third-order valence-electron chi connectivity index (χ3n) is 9.48. The predicted molar refractivity (Wildman–Crippen MR) is 202 cm³/mol. The van der Waals surface area contributed by atoms with Gasteiger partial charge in [-0.05, 0) is 61.9 Å². The van der Waals surface area contributed by atoms with E-state index >= 15 is 4.39 Å². The van der Waals surface area contributed by atoms with Gasteiger partial charge in [0.1, 0.15) is 18.0 Å². The molecule has 2 atom stereocenters. The standard InChI is InChI=1S/C37H49FN10O6/c1-4-45-20-28(35(50)51)34(49)27-17-29(38)33(18-32(27)45)46-12-14-47(15-13-46)37(53)54-22-24-7-9-25(10-8-24)42-19-26(6-5-11-41-36(40)52)48-21-31(43-44-48)30(39)16-23(2)3/h7-10,17-18,20-21,23,26,30,42H,4-6,11-16,19,22,39H2,1-3H3,(H,50,51)(H3,40,41,52)/t26-,30+/m1/s1. The molecule has 0 bridgehead atoms. The summed E-state index contributed by atoms with van der Waals surface area (Å²) in [6.45, 7) is 8.73. The first-order valence-corrected chi connectivity index (χ1v) is 18.1. The van der Waals surface area contributed by atoms with Gasteiger partial charge in [-0.2, -0.15) is 0 Å². The number of amides is 3. The lowest BCUT2D eigenvalue weighted by Crippen LogP contribution is -2.49. The molecule has 0 spiro atoms. The largest absolute Gasteiger partial charge is 0.477 e. The number of aromatic carboxylic acids is 1. The van der Waals surface area contributed by atoms with Crippen molar-refractivity contribution in [2.45, 2.75) is 65.3 Å². The summed E-state index contributed by atoms with van der Waals surface area (Å²) in [5.74, 6) is -1.58. The highest BCUT2D eigenvalue weighted by molar-refractivity contribution is 5.93. The number of halogens is 1. The molecule has 0 unspecified atom stereocenters. The lowest BCUT2D eigenvalue weighted by molar-refractivity contribution is 0.0694. The zero-order valence-electron chi connectivity index (χ0n) is 30.8. The molecule has 0 saturated carbocycles. The number of carboxylic acids is 1. The van der Waals surface area contributed by atoms with E-state index in [9.17, 15) is 24.3 Å². The van der Waals surface area contributed by atoms with Crippen LogP contribution in [0, 0.1) is 11.7 Å². The van der Waals surface area contributed by atoms with Gasteiger partial charge in [-0.25, -0.2) is 23.5 Å². The molecule has 3 amide bonds. The number of anilines is 2. The summed E-state index contributed by atoms with van der Waals surface area (Å²) in [6, 6.07) is 9.35. The first kappa shape index (κ1) is 39.5. The van der Waals surface area contributed by atoms with Crippen LogP contribution in [0.1, 0.15) is 73.7 Å². The topological polar surface area (TPSA) is 216 Å². The molecule has 1 aliphatic heterocycles. The molecule has 54 heavy (non-hydrogen) atoms. The molecule has 4 aromatic rings. The van der Waals surface area contributed by atoms with Crippen molar-refractivity contribution in [3.8, 4) is 0 Å². The Kier molecular flexibility index (Phi) is 13.1. The minimum absolute atomic E-state index is 0.00287. The summed E-state index contributed by atoms with van der Waals surface area (Å²) in [4.78, 5) is 51.7. The lowest BCUT2D eigenvalue weighted by atomic mass is 10.0. The van der Waals surface area contributed by atoms with E-state index in [2.05, 4.69) is 34.8 Å². The van der Waals surface area contributed by atoms with Crippen LogP contribution in [0.5, 0.6) is 0 Å². The van der Waals surface area contributed by atoms with E-state index in [1.165, 1.54) is 6.20 Å². The number of nitrogens with zero attached hydrogens (tertiary/aromatic N) is 6. The van der Waals surface area contributed by atoms with E-state index in [-0.39, 0.29) is 29.8 Å². The van der Waals surface area contributed by atoms with Gasteiger partial charge in [0.05, 0.1) is 35.2 Å². The Morgan fingerprint density at radius 1 is 1.07 bits per heavy atom. The van der Waals surface area contributed by atoms with Crippen LogP contribution in [0.15, 0.2) is 53.6 Å². The number of aromatic nitrogens is 4. The monoisotopic (exact) mass is 748 g/mol. The molecule has 3 heterocycles. The summed E-state index contributed by atoms with van der Waals surface area (Å²) in [5, 5.41) is 24.1. The van der Waals surface area contributed by atoms with Gasteiger partial charge >= 0.3 is 18.1 Å². The second-order valence-corrected chi connectivity index (χ2v) is 13.8. The summed E-state index contributed by atoms with van der Waals surface area (Å²) in [5.41, 5.74) is 13.5. The summed E-state index contributed by atoms with van der Waals surface area (Å²) < 4.78 is 24.3. The van der Waals surface area contributed by atoms with Crippen LogP contribution >= 0.6 is 0 Å². The number of fused-ring (bicyclic) bond motifs is 1. The van der Waals surface area contributed by atoms with Crippen LogP contribution in [-0.4, -0.2) is 86.9 Å². The Hall–Kier alpha value is -5.71. The molecule has 2 aromatic heterocycles. The molecule has 1 fully saturated rings. The van der Waals surface area contributed by atoms with E-state index in [1.54, 1.807) is 20.4 Å². The van der Waals surface area contributed by atoms with Gasteiger partial charge in [0.15, 0.2) is 0 Å². The number of aryl methyl sites for hydroxylation is 1. The second-order valence-electron chi connectivity index (χ2n) is 13.8. The highest BCUT2D eigenvalue weighted by Gasteiger charge is 2.26. The van der Waals surface area contributed by atoms with Gasteiger partial charge in [-0.1, -0.05) is 31.2 Å². The molecule has 2 aromatic carbocycles. The van der Waals surface area contributed by atoms with E-state index in [0.29, 0.717) is 70.1 Å². The normalized spacial score (nSPS) is 14.3. The van der Waals surface area contributed by atoms with Crippen molar-refractivity contribution in [3.63, 3.8) is 0 Å². The zero-order valence-corrected chi connectivity index (χ0v) is 30.8. The maximum absolute atomic E-state index is 15.3. The number of nitrogens with one attached hydrogen (secondary N) is 2. The molecule has 1 aliphatic rings. The Bertz CT molecular complexity index is 1990. The fourth-order valence-electron chi connectivity index (χ4n) is 6.52. The number of benzene rings is 2. The third kappa shape index (κ3) is 9.83. The number of carbonyl (C=O) groups is 3. The number of ether oxygens (including phenoxy) is 1. The number of rotatable bonds is 16. The van der Waals surface area contributed by atoms with Crippen molar-refractivity contribution in [1.82, 2.24) is 29.8 Å². The van der Waals surface area contributed by atoms with Gasteiger partial charge in [-0.3, -0.25) is 4.79 Å². The predicted octanol–water partition coefficient (Wildman–Crippen LogP) is 4.06. The number of carbonyl (C=O) groups excluding carboxylic acids is 2. The fourth-order valence-corrected chi connectivity index (χ4v) is 6.52. The van der Waals surface area contributed by atoms with Crippen molar-refractivity contribution in [2.75, 3.05) is 49.5 Å². The fraction of sp³-hybridized carbons (Fsp3) is 0.459. The first-order valence-electron chi connectivity index (χ1n) is 18.1. The highest BCUT2D eigenvalue weighted by atomic mass is 19.1. The SMILES string of the molecule is CCn1cc(C(=O)O)c(=O)c2cc(F)c(N3CCN(C(=O)OCc4ccc(NC[C@@H](CCCNC(N)=O)n5cc([C@@H](N)CC(C)C)nn5)cc4)CC3)cc21. The quantitative estimate of drug-likeness (QED) is 0.103. The zero-order chi connectivity index (χ0) is 38.9. The number of piperazine rings is 1. The van der Waals surface area contributed by atoms with Crippen LogP contribution in [0.3, 0.4) is 0 Å². The molecule has 5 rings (SSSR count). The van der Waals surface area contributed by atoms with Crippen LogP contribution in [0.25, 0.3) is 10.9 Å². The number of urea groups is 1. The molecular formula is C37H49FN10O6. The van der Waals surface area contributed by atoms with Gasteiger partial charge in [-0.15, -0.1) is 5.10 Å². The average Bonchev–Trinajstić information content (AvgIpc) is 3.64. The number of primary amides is 1. The number of hydrogen-bond acceptors (Lipinski definition) is 10. The molecule has 17 heteroatoms. The van der Waals surface area contributed by atoms with Gasteiger partial charge in [0.25, 0.3) is 0 Å². The smallest absolute Gasteiger partial charge is 0.410 e. The van der Waals surface area contributed by atoms with Crippen molar-refractivity contribution >= 4 is 40.4 Å². The average molecular weight is 749 g/mol. The number of nitrogens with two attached hydrogens (primary N) is 2. The molecule has 290 valence electrons. The minimum atomic E-state index is -1.36. The van der Waals surface area contributed by atoms with E-state index < -0.39 is 34.9 Å². The van der Waals surface area contributed by atoms with Gasteiger partial charge in [0.2, 0.25) is 5.43 Å². The van der Waals surface area contributed by atoms with Crippen molar-refractivity contribution in [2.24, 2.45) is 17.4 Å². The Morgan fingerprint density at radius 3 is 2.44 bits per heavy atom. The Balaban J connectivity index is 1.13. The highest BCUT2D eigenvalue weighted by Crippen LogP contribution is 2.27. The Labute approximate surface area is 312 Å². The molecule has 0 radical (unpaired) electrons. The summed E-state index contributed by atoms with van der Waals surface area (Å²) in [6.07, 6.45) is 4.85. The van der Waals surface area contributed by atoms with E-state index in [1.807, 2.05) is 42.1 Å². The number of hydrogen-bond donors (Lipinski definition) is 5. The molecular weight excluding hydrogens is 699 g/mol. The van der Waals surface area contributed by atoms with Crippen LogP contribution in [0.4, 0.5) is 25.4 Å². The van der Waals surface area contributed by atoms with Gasteiger partial charge in [0, 0.05) is 63.1 Å². The summed E-state index contributed by atoms with van der Waals surface area (Å²) in [7, 11) is 0. The van der Waals surface area contributed by atoms with Crippen LogP contribution in [0.2, 0.25) is 0 Å². The summed E-state index contributed by atoms with van der Waals surface area (Å²) >= 11 is 0. The van der Waals surface area contributed by atoms with E-state index in [4.69, 9.17) is 16.2 Å². The first-order chi connectivity index (χ1) is 25.8. The minimum Gasteiger partial charge on any atom is -0.477 e. The van der Waals surface area contributed by atoms with Crippen molar-refractivity contribution in [3.05, 3.63) is 81.7 Å². The van der Waals surface area contributed by atoms with Crippen molar-refractivity contribution < 1.29 is 28.6 Å². The second kappa shape index (κ2) is 17.9. The number of pyridine rings is 1. The maximum Gasteiger partial charge on any atom is 0.410 e. The molecule has 1 saturated heterocycles. The third-order valence-corrected chi connectivity index (χ3v) is 9.48. The van der Waals surface area contributed by atoms with Gasteiger partial charge < -0.3 is 46.3 Å². The van der Waals surface area contributed by atoms with Crippen molar-refractivity contribution in [1.29, 1.82) is 0 Å². The number of carboxylic acid groups (broad SMARTS) is 1. The molecule has 7 N–H and O–H groups in total. The Morgan fingerprint density at radius 2 is 1.80 bits per heavy atom. The molecule has 0 aliphatic carbocycles. The molecule has 16 nitrogen and oxygen atoms in total. The lowest BCUT2D eigenvalue weighted by Gasteiger charge is -2.35. The van der Waals surface area contributed by atoms with Crippen LogP contribution in [-0.2, 0) is 17.9 Å². The maximum atomic E-state index is 15.3. The van der Waals surface area contributed by atoms with Crippen LogP contribution < -0.4 is 32.4 Å². The van der Waals surface area contributed by atoms with E-state index in [0.717, 1.165) is 29.4 Å².